The number of hydrogen-bond acceptors (Lipinski definition) is 14. The van der Waals surface area contributed by atoms with Crippen molar-refractivity contribution in [2.75, 3.05) is 14.2 Å². The quantitative estimate of drug-likeness (QED) is 0.0308. The maximum atomic E-state index is 10.2. The number of unbranched alkanes of at least 4 members (excludes halogenated alkanes) is 48. The molecular weight excluding hydrogens is 1380 g/mol. The molecule has 0 aromatic carbocycles. The van der Waals surface area contributed by atoms with Gasteiger partial charge in [-0.3, -0.25) is 19.9 Å². The van der Waals surface area contributed by atoms with Gasteiger partial charge in [-0.05, 0) is 99.9 Å². The molecule has 2 N–H and O–H groups in total. The van der Waals surface area contributed by atoms with Crippen LogP contribution in [0.1, 0.15) is 387 Å². The number of aliphatic carboxylic acids is 4. The van der Waals surface area contributed by atoms with E-state index in [4.69, 9.17) is 10.2 Å². The van der Waals surface area contributed by atoms with Crippen molar-refractivity contribution in [3.05, 3.63) is 97.6 Å². The molecule has 0 amide bonds. The summed E-state index contributed by atoms with van der Waals surface area (Å²) >= 11 is 0. The number of carbonyl (C=O) groups excluding carboxylic acids is 4. The molecule has 2 radical (unpaired) electrons. The first kappa shape index (κ1) is 108. The summed E-state index contributed by atoms with van der Waals surface area (Å²) in [6.45, 7) is 9.03. The predicted octanol–water partition coefficient (Wildman–Crippen LogP) is 20.4. The number of carbonyl (C=O) groups is 4. The molecule has 4 rings (SSSR count). The Bertz CT molecular complexity index is 1900. The summed E-state index contributed by atoms with van der Waals surface area (Å²) in [6.07, 6.45) is 74.8. The first-order valence-corrected chi connectivity index (χ1v) is 40.4. The molecule has 4 heterocycles. The molecule has 16 heteroatoms. The molecule has 0 bridgehead atoms. The van der Waals surface area contributed by atoms with Crippen LogP contribution in [-0.4, -0.2) is 68.2 Å². The number of aromatic nitrogens is 4. The molecule has 0 aliphatic carbocycles. The molecule has 0 aliphatic rings. The van der Waals surface area contributed by atoms with Gasteiger partial charge in [0, 0.05) is 62.9 Å². The van der Waals surface area contributed by atoms with Gasteiger partial charge < -0.3 is 49.8 Å². The van der Waals surface area contributed by atoms with Gasteiger partial charge in [-0.1, -0.05) is 360 Å². The molecule has 0 unspecified atom stereocenters. The van der Waals surface area contributed by atoms with Crippen LogP contribution in [0.15, 0.2) is 97.6 Å². The van der Waals surface area contributed by atoms with Gasteiger partial charge in [0.1, 0.15) is 0 Å². The summed E-state index contributed by atoms with van der Waals surface area (Å²) in [5.41, 5.74) is 3.66. The van der Waals surface area contributed by atoms with Gasteiger partial charge in [-0.15, -0.1) is 0 Å². The zero-order valence-corrected chi connectivity index (χ0v) is 67.3. The number of carboxylic acids is 4. The molecule has 0 saturated carbocycles. The van der Waals surface area contributed by atoms with Crippen molar-refractivity contribution in [1.82, 2.24) is 19.9 Å². The average Bonchev–Trinajstić information content (AvgIpc) is 1.55. The van der Waals surface area contributed by atoms with E-state index in [-0.39, 0.29) is 59.8 Å². The van der Waals surface area contributed by atoms with Crippen molar-refractivity contribution >= 4 is 23.9 Å². The van der Waals surface area contributed by atoms with Gasteiger partial charge >= 0.3 is 34.1 Å². The Kier molecular flexibility index (Phi) is 102. The average molecular weight is 1530 g/mol. The normalized spacial score (nSPS) is 9.96. The third-order valence-corrected chi connectivity index (χ3v) is 17.1. The van der Waals surface area contributed by atoms with Crippen LogP contribution in [0.2, 0.25) is 0 Å². The van der Waals surface area contributed by atoms with Gasteiger partial charge in [0.15, 0.2) is 0 Å². The van der Waals surface area contributed by atoms with E-state index in [0.29, 0.717) is 0 Å². The van der Waals surface area contributed by atoms with Gasteiger partial charge in [0.2, 0.25) is 0 Å². The number of rotatable bonds is 58. The second-order valence-electron chi connectivity index (χ2n) is 26.3. The molecule has 14 nitrogen and oxygen atoms in total. The summed E-state index contributed by atoms with van der Waals surface area (Å²) in [5.74, 6) is -3.62. The van der Waals surface area contributed by atoms with E-state index in [1.807, 2.05) is 72.8 Å². The molecule has 0 atom stereocenters. The molecule has 0 fully saturated rings. The minimum absolute atomic E-state index is 0. The number of hydrogen-bond donors (Lipinski definition) is 2. The number of aliphatic hydroxyl groups excluding tert-OH is 2. The number of pyridine rings is 4. The van der Waals surface area contributed by atoms with E-state index in [0.717, 1.165) is 88.4 Å². The van der Waals surface area contributed by atoms with Crippen LogP contribution in [0.3, 0.4) is 0 Å². The van der Waals surface area contributed by atoms with E-state index in [9.17, 15) is 39.6 Å². The zero-order valence-electron chi connectivity index (χ0n) is 65.4. The second-order valence-corrected chi connectivity index (χ2v) is 26.3. The van der Waals surface area contributed by atoms with Crippen LogP contribution < -0.4 is 20.4 Å². The first-order chi connectivity index (χ1) is 49.0. The van der Waals surface area contributed by atoms with Crippen LogP contribution >= 0.6 is 0 Å². The summed E-state index contributed by atoms with van der Waals surface area (Å²) in [6, 6.07) is 23.2. The standard InChI is InChI=1S/4C16H32O2.2C10H8N2.2CH4O.2Cu/c4*1-2-3-4-5-6-7-8-9-10-11-12-13-14-15-16(17)18;2*1-3-7-11-9(5-1)10-6-2-4-8-12-10;2*1-2;;/h4*2-15H2,1H3,(H,17,18);2*1-8H;2*2H,1H3;;/q;;;;;;;;2*+2/p-4. The maximum Gasteiger partial charge on any atom is 2.00 e. The maximum absolute atomic E-state index is 10.2. The van der Waals surface area contributed by atoms with Gasteiger partial charge in [0.25, 0.3) is 0 Å². The Hall–Kier alpha value is -4.56. The number of carboxylic acid groups (broad SMARTS) is 4. The van der Waals surface area contributed by atoms with E-state index in [1.54, 1.807) is 24.8 Å². The molecule has 4 aromatic heterocycles. The molecular formula is C86H148Cu2N4O10. The molecule has 0 saturated heterocycles. The van der Waals surface area contributed by atoms with E-state index in [1.165, 1.54) is 283 Å². The fraction of sp³-hybridized carbons (Fsp3) is 0.721. The summed E-state index contributed by atoms with van der Waals surface area (Å²) < 4.78 is 0. The van der Waals surface area contributed by atoms with Gasteiger partial charge in [-0.2, -0.15) is 0 Å². The van der Waals surface area contributed by atoms with Gasteiger partial charge in [0.05, 0.1) is 22.8 Å². The van der Waals surface area contributed by atoms with Crippen LogP contribution in [0.25, 0.3) is 22.8 Å². The van der Waals surface area contributed by atoms with Crippen molar-refractivity contribution in [3.8, 4) is 22.8 Å². The first-order valence-electron chi connectivity index (χ1n) is 40.4. The van der Waals surface area contributed by atoms with Crippen LogP contribution in [0.5, 0.6) is 0 Å². The third kappa shape index (κ3) is 93.4. The summed E-state index contributed by atoms with van der Waals surface area (Å²) in [5, 5.41) is 54.8. The fourth-order valence-corrected chi connectivity index (χ4v) is 11.2. The Morgan fingerprint density at radius 1 is 0.225 bits per heavy atom. The zero-order chi connectivity index (χ0) is 74.4. The van der Waals surface area contributed by atoms with E-state index in [2.05, 4.69) is 47.6 Å². The van der Waals surface area contributed by atoms with Crippen LogP contribution in [0, 0.1) is 0 Å². The molecule has 4 aromatic rings. The van der Waals surface area contributed by atoms with Crippen LogP contribution in [-0.2, 0) is 53.3 Å². The van der Waals surface area contributed by atoms with E-state index >= 15 is 0 Å². The molecule has 594 valence electrons. The number of nitrogens with zero attached hydrogens (tertiary/aromatic N) is 4. The van der Waals surface area contributed by atoms with Crippen molar-refractivity contribution < 1.29 is 84.0 Å². The minimum Gasteiger partial charge on any atom is -0.550 e. The van der Waals surface area contributed by atoms with Gasteiger partial charge in [-0.25, -0.2) is 0 Å². The third-order valence-electron chi connectivity index (χ3n) is 17.1. The van der Waals surface area contributed by atoms with Crippen LogP contribution in [0.4, 0.5) is 0 Å². The number of aliphatic hydroxyl groups is 2. The largest absolute Gasteiger partial charge is 2.00 e. The topological polar surface area (TPSA) is 253 Å². The predicted molar refractivity (Wildman–Crippen MR) is 412 cm³/mol. The van der Waals surface area contributed by atoms with E-state index < -0.39 is 23.9 Å². The Balaban J connectivity index is -0.000000268. The SMILES string of the molecule is CCCCCCCCCCCCCCCC(=O)[O-].CCCCCCCCCCCCCCCC(=O)[O-].CCCCCCCCCCCCCCCC(=O)[O-].CCCCCCCCCCCCCCCC(=O)[O-].CO.CO.[Cu+2].[Cu+2].c1ccc(-c2ccccn2)nc1.c1ccc(-c2ccccn2)nc1. The Morgan fingerprint density at radius 3 is 0.441 bits per heavy atom. The monoisotopic (exact) mass is 1520 g/mol. The molecule has 0 aliphatic heterocycles. The minimum atomic E-state index is -0.905. The molecule has 102 heavy (non-hydrogen) atoms. The smallest absolute Gasteiger partial charge is 0.550 e. The summed E-state index contributed by atoms with van der Waals surface area (Å²) in [7, 11) is 2.00. The van der Waals surface area contributed by atoms with Crippen molar-refractivity contribution in [3.63, 3.8) is 0 Å². The Labute approximate surface area is 645 Å². The second kappa shape index (κ2) is 96.4. The molecule has 0 spiro atoms. The Morgan fingerprint density at radius 2 is 0.343 bits per heavy atom. The van der Waals surface area contributed by atoms with Crippen molar-refractivity contribution in [2.45, 2.75) is 387 Å². The summed E-state index contributed by atoms with van der Waals surface area (Å²) in [4.78, 5) is 57.5. The fourth-order valence-electron chi connectivity index (χ4n) is 11.2. The van der Waals surface area contributed by atoms with Crippen molar-refractivity contribution in [1.29, 1.82) is 0 Å². The van der Waals surface area contributed by atoms with Crippen molar-refractivity contribution in [2.24, 2.45) is 0 Å².